The number of ether oxygens (including phenoxy) is 1. The Hall–Kier alpha value is -2.41. The number of aliphatic hydroxyl groups excluding tert-OH is 1. The molecule has 0 bridgehead atoms. The summed E-state index contributed by atoms with van der Waals surface area (Å²) >= 11 is 6.25. The first-order chi connectivity index (χ1) is 15.9. The monoisotopic (exact) mass is 500 g/mol. The highest BCUT2D eigenvalue weighted by Gasteiger charge is 2.43. The van der Waals surface area contributed by atoms with Gasteiger partial charge in [0.2, 0.25) is 0 Å². The Morgan fingerprint density at radius 1 is 1.18 bits per heavy atom. The van der Waals surface area contributed by atoms with Crippen LogP contribution in [0.1, 0.15) is 56.3 Å². The van der Waals surface area contributed by atoms with Crippen LogP contribution in [0.3, 0.4) is 0 Å². The molecule has 3 aromatic rings. The number of imidazole rings is 1. The number of hydrogen-bond donors (Lipinski definition) is 1. The normalized spacial score (nSPS) is 13.5. The summed E-state index contributed by atoms with van der Waals surface area (Å²) in [5, 5.41) is 12.3. The highest BCUT2D eigenvalue weighted by Crippen LogP contribution is 2.38. The maximum absolute atomic E-state index is 13.8. The molecule has 0 aliphatic heterocycles. The third kappa shape index (κ3) is 5.14. The summed E-state index contributed by atoms with van der Waals surface area (Å²) in [4.78, 5) is 5.08. The summed E-state index contributed by atoms with van der Waals surface area (Å²) in [6.07, 6.45) is 2.42. The van der Waals surface area contributed by atoms with Gasteiger partial charge in [0.05, 0.1) is 29.7 Å². The van der Waals surface area contributed by atoms with Crippen molar-refractivity contribution in [1.29, 1.82) is 0 Å². The minimum absolute atomic E-state index is 0.0177. The number of nitrogens with zero attached hydrogens (tertiary/aromatic N) is 2. The molecule has 1 unspecified atom stereocenters. The second-order valence-electron chi connectivity index (χ2n) is 10.1. The van der Waals surface area contributed by atoms with Crippen LogP contribution in [0.4, 0.5) is 4.39 Å². The Labute approximate surface area is 208 Å². The molecule has 7 heteroatoms. The summed E-state index contributed by atoms with van der Waals surface area (Å²) in [7, 11) is -2.20. The van der Waals surface area contributed by atoms with E-state index in [2.05, 4.69) is 33.9 Å². The van der Waals surface area contributed by atoms with Crippen LogP contribution in [0.5, 0.6) is 0 Å². The van der Waals surface area contributed by atoms with Crippen molar-refractivity contribution < 1.29 is 14.2 Å². The molecule has 0 fully saturated rings. The number of benzene rings is 2. The van der Waals surface area contributed by atoms with E-state index in [1.807, 2.05) is 30.5 Å². The van der Waals surface area contributed by atoms with E-state index in [1.54, 1.807) is 30.5 Å². The van der Waals surface area contributed by atoms with Gasteiger partial charge in [-0.05, 0) is 60.3 Å². The molecule has 0 spiro atoms. The maximum Gasteiger partial charge on any atom is 0.132 e. The first kappa shape index (κ1) is 26.2. The topological polar surface area (TPSA) is 47.3 Å². The summed E-state index contributed by atoms with van der Waals surface area (Å²) in [6.45, 7) is 15.5. The minimum Gasteiger partial charge on any atom is -0.501 e. The van der Waals surface area contributed by atoms with Gasteiger partial charge >= 0.3 is 0 Å². The number of aromatic nitrogens is 2. The summed E-state index contributed by atoms with van der Waals surface area (Å²) in [6, 6.07) is 11.8. The lowest BCUT2D eigenvalue weighted by Crippen LogP contribution is -2.54. The van der Waals surface area contributed by atoms with E-state index in [4.69, 9.17) is 21.3 Å². The smallest absolute Gasteiger partial charge is 0.132 e. The number of aryl methyl sites for hydroxylation is 1. The van der Waals surface area contributed by atoms with Crippen LogP contribution in [0, 0.1) is 12.7 Å². The quantitative estimate of drug-likeness (QED) is 0.287. The molecule has 0 radical (unpaired) electrons. The van der Waals surface area contributed by atoms with Crippen molar-refractivity contribution >= 4 is 31.2 Å². The fourth-order valence-electron chi connectivity index (χ4n) is 3.65. The molecule has 2 aromatic carbocycles. The zero-order valence-electron chi connectivity index (χ0n) is 21.0. The molecule has 0 aliphatic rings. The molecule has 1 heterocycles. The molecule has 182 valence electrons. The van der Waals surface area contributed by atoms with Crippen molar-refractivity contribution in [2.75, 3.05) is 6.61 Å². The third-order valence-electron chi connectivity index (χ3n) is 6.71. The maximum atomic E-state index is 13.8. The standard InChI is InChI=1S/C27H34ClFN2O2Si/c1-8-33-16-15-23-24(25(32)19-9-14-22(28)18(2)17-19)31(21-12-10-20(29)11-13-21)26(30-23)34(6,7)27(3,4)5/h9-17,25,32H,8H2,1-7H3/b16-15-. The van der Waals surface area contributed by atoms with E-state index in [0.29, 0.717) is 28.6 Å². The van der Waals surface area contributed by atoms with Crippen molar-refractivity contribution in [3.63, 3.8) is 0 Å². The first-order valence-corrected chi connectivity index (χ1v) is 14.9. The second kappa shape index (κ2) is 10.1. The number of aliphatic hydroxyl groups is 1. The van der Waals surface area contributed by atoms with E-state index in [-0.39, 0.29) is 10.9 Å². The molecule has 4 nitrogen and oxygen atoms in total. The predicted molar refractivity (Wildman–Crippen MR) is 141 cm³/mol. The van der Waals surface area contributed by atoms with Crippen molar-refractivity contribution in [3.05, 3.63) is 82.1 Å². The van der Waals surface area contributed by atoms with Gasteiger partial charge in [-0.25, -0.2) is 9.37 Å². The van der Waals surface area contributed by atoms with Crippen LogP contribution in [0.15, 0.2) is 48.7 Å². The average molecular weight is 501 g/mol. The Kier molecular flexibility index (Phi) is 7.75. The Morgan fingerprint density at radius 2 is 1.82 bits per heavy atom. The van der Waals surface area contributed by atoms with Gasteiger partial charge in [0.15, 0.2) is 0 Å². The molecule has 34 heavy (non-hydrogen) atoms. The Balaban J connectivity index is 2.37. The molecular formula is C27H34ClFN2O2Si. The van der Waals surface area contributed by atoms with E-state index in [9.17, 15) is 9.50 Å². The first-order valence-electron chi connectivity index (χ1n) is 11.5. The van der Waals surface area contributed by atoms with Gasteiger partial charge in [-0.3, -0.25) is 0 Å². The van der Waals surface area contributed by atoms with Crippen LogP contribution in [0.2, 0.25) is 23.2 Å². The number of halogens is 2. The lowest BCUT2D eigenvalue weighted by molar-refractivity contribution is 0.213. The molecule has 1 aromatic heterocycles. The molecule has 1 atom stereocenters. The van der Waals surface area contributed by atoms with Crippen LogP contribution in [-0.4, -0.2) is 29.3 Å². The fourth-order valence-corrected chi connectivity index (χ4v) is 5.64. The third-order valence-corrected chi connectivity index (χ3v) is 12.3. The highest BCUT2D eigenvalue weighted by atomic mass is 35.5. The summed E-state index contributed by atoms with van der Waals surface area (Å²) < 4.78 is 21.3. The highest BCUT2D eigenvalue weighted by molar-refractivity contribution is 6.91. The van der Waals surface area contributed by atoms with E-state index in [0.717, 1.165) is 16.7 Å². The molecule has 0 aliphatic carbocycles. The van der Waals surface area contributed by atoms with Gasteiger partial charge in [0.25, 0.3) is 0 Å². The van der Waals surface area contributed by atoms with Crippen LogP contribution < -0.4 is 5.45 Å². The SMILES string of the molecule is CCO/C=C\c1nc([Si](C)(C)C(C)(C)C)n(-c2ccc(F)cc2)c1C(O)c1ccc(Cl)c(C)c1. The number of rotatable bonds is 7. The van der Waals surface area contributed by atoms with Gasteiger partial charge in [-0.1, -0.05) is 57.6 Å². The van der Waals surface area contributed by atoms with E-state index in [1.165, 1.54) is 12.1 Å². The fraction of sp³-hybridized carbons (Fsp3) is 0.370. The van der Waals surface area contributed by atoms with E-state index < -0.39 is 14.2 Å². The average Bonchev–Trinajstić information content (AvgIpc) is 3.15. The van der Waals surface area contributed by atoms with Crippen molar-refractivity contribution in [3.8, 4) is 5.69 Å². The number of hydrogen-bond acceptors (Lipinski definition) is 3. The lowest BCUT2D eigenvalue weighted by Gasteiger charge is -2.36. The largest absolute Gasteiger partial charge is 0.501 e. The summed E-state index contributed by atoms with van der Waals surface area (Å²) in [5.74, 6) is -0.315. The van der Waals surface area contributed by atoms with Gasteiger partial charge in [0, 0.05) is 16.8 Å². The molecule has 3 rings (SSSR count). The molecule has 0 saturated heterocycles. The molecule has 1 N–H and O–H groups in total. The van der Waals surface area contributed by atoms with Crippen LogP contribution in [-0.2, 0) is 4.74 Å². The zero-order valence-corrected chi connectivity index (χ0v) is 22.7. The lowest BCUT2D eigenvalue weighted by atomic mass is 10.0. The van der Waals surface area contributed by atoms with Crippen molar-refractivity contribution in [2.45, 2.75) is 58.9 Å². The minimum atomic E-state index is -2.20. The summed E-state index contributed by atoms with van der Waals surface area (Å²) in [5.41, 5.74) is 4.48. The second-order valence-corrected chi connectivity index (χ2v) is 15.7. The predicted octanol–water partition coefficient (Wildman–Crippen LogP) is 6.78. The molecular weight excluding hydrogens is 467 g/mol. The van der Waals surface area contributed by atoms with Gasteiger partial charge < -0.3 is 14.4 Å². The van der Waals surface area contributed by atoms with Crippen LogP contribution in [0.25, 0.3) is 11.8 Å². The Morgan fingerprint density at radius 3 is 2.38 bits per heavy atom. The van der Waals surface area contributed by atoms with Gasteiger partial charge in [-0.15, -0.1) is 0 Å². The van der Waals surface area contributed by atoms with Crippen molar-refractivity contribution in [1.82, 2.24) is 9.55 Å². The molecule has 0 amide bonds. The molecule has 0 saturated carbocycles. The Bertz CT molecular complexity index is 1180. The zero-order chi connectivity index (χ0) is 25.3. The van der Waals surface area contributed by atoms with Gasteiger partial charge in [0.1, 0.15) is 20.0 Å². The van der Waals surface area contributed by atoms with E-state index >= 15 is 0 Å². The van der Waals surface area contributed by atoms with Crippen LogP contribution >= 0.6 is 11.6 Å². The van der Waals surface area contributed by atoms with Crippen molar-refractivity contribution in [2.24, 2.45) is 0 Å². The van der Waals surface area contributed by atoms with Gasteiger partial charge in [-0.2, -0.15) is 0 Å².